The second-order valence-electron chi connectivity index (χ2n) is 7.68. The number of para-hydroxylation sites is 1. The Hall–Kier alpha value is -2.75. The highest BCUT2D eigenvalue weighted by Gasteiger charge is 2.29. The van der Waals surface area contributed by atoms with Crippen LogP contribution in [0.4, 0.5) is 10.1 Å². The van der Waals surface area contributed by atoms with Crippen LogP contribution in [0.2, 0.25) is 5.02 Å². The van der Waals surface area contributed by atoms with Crippen molar-refractivity contribution in [1.82, 2.24) is 14.1 Å². The lowest BCUT2D eigenvalue weighted by Gasteiger charge is -2.19. The monoisotopic (exact) mass is 490 g/mol. The maximum atomic E-state index is 14.4. The van der Waals surface area contributed by atoms with E-state index in [9.17, 15) is 17.6 Å². The number of fused-ring (bicyclic) bond motifs is 1. The van der Waals surface area contributed by atoms with Crippen molar-refractivity contribution >= 4 is 33.2 Å². The van der Waals surface area contributed by atoms with Crippen LogP contribution in [0.5, 0.6) is 0 Å². The molecule has 4 rings (SSSR count). The van der Waals surface area contributed by atoms with Crippen molar-refractivity contribution in [2.45, 2.75) is 38.0 Å². The minimum absolute atomic E-state index is 0.0352. The summed E-state index contributed by atoms with van der Waals surface area (Å²) in [5, 5.41) is 7.31. The molecule has 0 unspecified atom stereocenters. The number of sulfonamides is 1. The number of hydrogen-bond donors (Lipinski definition) is 1. The van der Waals surface area contributed by atoms with Crippen molar-refractivity contribution < 1.29 is 17.6 Å². The molecule has 0 spiro atoms. The number of amides is 1. The smallest absolute Gasteiger partial charge is 0.276 e. The lowest BCUT2D eigenvalue weighted by Crippen LogP contribution is -2.30. The Morgan fingerprint density at radius 1 is 1.18 bits per heavy atom. The fourth-order valence-electron chi connectivity index (χ4n) is 4.10. The van der Waals surface area contributed by atoms with Gasteiger partial charge >= 0.3 is 0 Å². The first-order chi connectivity index (χ1) is 15.8. The van der Waals surface area contributed by atoms with Crippen LogP contribution in [0.25, 0.3) is 5.69 Å². The predicted octanol–water partition coefficient (Wildman–Crippen LogP) is 4.44. The summed E-state index contributed by atoms with van der Waals surface area (Å²) in [5.41, 5.74) is 2.19. The van der Waals surface area contributed by atoms with E-state index in [1.165, 1.54) is 33.3 Å². The van der Waals surface area contributed by atoms with Gasteiger partial charge < -0.3 is 5.32 Å². The number of nitrogens with one attached hydrogen (secondary N) is 1. The summed E-state index contributed by atoms with van der Waals surface area (Å²) in [6.45, 7) is 4.16. The minimum atomic E-state index is -3.73. The van der Waals surface area contributed by atoms with Crippen molar-refractivity contribution in [3.05, 3.63) is 70.3 Å². The summed E-state index contributed by atoms with van der Waals surface area (Å²) < 4.78 is 43.0. The molecule has 1 heterocycles. The van der Waals surface area contributed by atoms with Gasteiger partial charge in [-0.2, -0.15) is 9.40 Å². The molecule has 1 N–H and O–H groups in total. The average molecular weight is 491 g/mol. The van der Waals surface area contributed by atoms with Crippen molar-refractivity contribution in [1.29, 1.82) is 0 Å². The largest absolute Gasteiger partial charge is 0.319 e. The molecular weight excluding hydrogens is 467 g/mol. The van der Waals surface area contributed by atoms with Crippen LogP contribution in [0, 0.1) is 5.82 Å². The Morgan fingerprint density at radius 2 is 1.91 bits per heavy atom. The quantitative estimate of drug-likeness (QED) is 0.530. The Kier molecular flexibility index (Phi) is 6.56. The minimum Gasteiger partial charge on any atom is -0.319 e. The highest BCUT2D eigenvalue weighted by Crippen LogP contribution is 2.31. The molecule has 0 atom stereocenters. The zero-order chi connectivity index (χ0) is 23.8. The molecule has 0 aliphatic heterocycles. The van der Waals surface area contributed by atoms with Gasteiger partial charge in [-0.1, -0.05) is 37.6 Å². The third kappa shape index (κ3) is 4.28. The van der Waals surface area contributed by atoms with Gasteiger partial charge in [0.15, 0.2) is 5.69 Å². The summed E-state index contributed by atoms with van der Waals surface area (Å²) in [6, 6.07) is 10.5. The lowest BCUT2D eigenvalue weighted by molar-refractivity contribution is 0.102. The first-order valence-corrected chi connectivity index (χ1v) is 12.6. The highest BCUT2D eigenvalue weighted by molar-refractivity contribution is 7.89. The molecule has 1 aliphatic carbocycles. The number of aromatic nitrogens is 2. The molecule has 1 aromatic heterocycles. The first-order valence-electron chi connectivity index (χ1n) is 10.7. The summed E-state index contributed by atoms with van der Waals surface area (Å²) in [6.07, 6.45) is 2.17. The topological polar surface area (TPSA) is 84.3 Å². The van der Waals surface area contributed by atoms with E-state index in [4.69, 9.17) is 11.6 Å². The standard InChI is InChI=1S/C23H24ClFN4O3S/c1-3-28(4-2)33(31,32)15-12-13-17(24)19(14-15)26-23(30)22-16-8-7-11-20(16)29(27-22)21-10-6-5-9-18(21)25/h5-6,9-10,12-14H,3-4,7-8,11H2,1-2H3,(H,26,30). The maximum Gasteiger partial charge on any atom is 0.276 e. The van der Waals surface area contributed by atoms with E-state index in [1.807, 2.05) is 0 Å². The van der Waals surface area contributed by atoms with Gasteiger partial charge in [0.05, 0.1) is 15.6 Å². The molecule has 2 aromatic carbocycles. The molecule has 3 aromatic rings. The van der Waals surface area contributed by atoms with Gasteiger partial charge in [-0.05, 0) is 49.6 Å². The van der Waals surface area contributed by atoms with Crippen molar-refractivity contribution in [2.24, 2.45) is 0 Å². The first kappa shape index (κ1) is 23.4. The molecule has 33 heavy (non-hydrogen) atoms. The number of carbonyl (C=O) groups excluding carboxylic acids is 1. The average Bonchev–Trinajstić information content (AvgIpc) is 3.39. The van der Waals surface area contributed by atoms with Crippen LogP contribution < -0.4 is 5.32 Å². The van der Waals surface area contributed by atoms with Gasteiger partial charge in [-0.3, -0.25) is 4.79 Å². The van der Waals surface area contributed by atoms with E-state index in [2.05, 4.69) is 10.4 Å². The van der Waals surface area contributed by atoms with Crippen LogP contribution >= 0.6 is 11.6 Å². The van der Waals surface area contributed by atoms with Gasteiger partial charge in [0.25, 0.3) is 5.91 Å². The van der Waals surface area contributed by atoms with E-state index in [-0.39, 0.29) is 27.0 Å². The lowest BCUT2D eigenvalue weighted by atomic mass is 10.2. The second kappa shape index (κ2) is 9.24. The summed E-state index contributed by atoms with van der Waals surface area (Å²) in [7, 11) is -3.73. The maximum absolute atomic E-state index is 14.4. The predicted molar refractivity (Wildman–Crippen MR) is 125 cm³/mol. The molecule has 0 radical (unpaired) electrons. The molecule has 0 saturated carbocycles. The van der Waals surface area contributed by atoms with Crippen LogP contribution in [-0.2, 0) is 22.9 Å². The van der Waals surface area contributed by atoms with E-state index in [0.29, 0.717) is 25.9 Å². The molecule has 7 nitrogen and oxygen atoms in total. The van der Waals surface area contributed by atoms with Gasteiger partial charge in [0.2, 0.25) is 10.0 Å². The van der Waals surface area contributed by atoms with Gasteiger partial charge in [-0.25, -0.2) is 17.5 Å². The molecule has 0 fully saturated rings. The number of halogens is 2. The van der Waals surface area contributed by atoms with Crippen LogP contribution in [0.15, 0.2) is 47.4 Å². The zero-order valence-electron chi connectivity index (χ0n) is 18.3. The van der Waals surface area contributed by atoms with Crippen LogP contribution in [-0.4, -0.2) is 41.5 Å². The molecular formula is C23H24ClFN4O3S. The van der Waals surface area contributed by atoms with Crippen molar-refractivity contribution in [3.63, 3.8) is 0 Å². The Balaban J connectivity index is 1.69. The zero-order valence-corrected chi connectivity index (χ0v) is 19.9. The molecule has 174 valence electrons. The highest BCUT2D eigenvalue weighted by atomic mass is 35.5. The fraction of sp³-hybridized carbons (Fsp3) is 0.304. The third-order valence-corrected chi connectivity index (χ3v) is 8.13. The second-order valence-corrected chi connectivity index (χ2v) is 10.0. The van der Waals surface area contributed by atoms with Crippen LogP contribution in [0.3, 0.4) is 0 Å². The van der Waals surface area contributed by atoms with Gasteiger partial charge in [0, 0.05) is 24.3 Å². The number of benzene rings is 2. The van der Waals surface area contributed by atoms with E-state index in [0.717, 1.165) is 17.7 Å². The number of rotatable bonds is 7. The SMILES string of the molecule is CCN(CC)S(=O)(=O)c1ccc(Cl)c(NC(=O)c2nn(-c3ccccc3F)c3c2CCC3)c1. The van der Waals surface area contributed by atoms with Gasteiger partial charge in [0.1, 0.15) is 11.5 Å². The van der Waals surface area contributed by atoms with Crippen molar-refractivity contribution in [2.75, 3.05) is 18.4 Å². The van der Waals surface area contributed by atoms with E-state index in [1.54, 1.807) is 32.0 Å². The molecule has 1 aliphatic rings. The molecule has 10 heteroatoms. The third-order valence-electron chi connectivity index (χ3n) is 5.76. The number of anilines is 1. The normalized spacial score (nSPS) is 13.4. The fourth-order valence-corrected chi connectivity index (χ4v) is 5.75. The van der Waals surface area contributed by atoms with E-state index >= 15 is 0 Å². The van der Waals surface area contributed by atoms with Gasteiger partial charge in [-0.15, -0.1) is 0 Å². The number of hydrogen-bond acceptors (Lipinski definition) is 4. The number of nitrogens with zero attached hydrogens (tertiary/aromatic N) is 3. The Bertz CT molecular complexity index is 1320. The Morgan fingerprint density at radius 3 is 2.61 bits per heavy atom. The van der Waals surface area contributed by atoms with Crippen LogP contribution in [0.1, 0.15) is 42.0 Å². The molecule has 0 saturated heterocycles. The summed E-state index contributed by atoms with van der Waals surface area (Å²) in [5.74, 6) is -0.957. The Labute approximate surface area is 197 Å². The molecule has 1 amide bonds. The van der Waals surface area contributed by atoms with Crippen molar-refractivity contribution in [3.8, 4) is 5.69 Å². The summed E-state index contributed by atoms with van der Waals surface area (Å²) >= 11 is 6.27. The summed E-state index contributed by atoms with van der Waals surface area (Å²) in [4.78, 5) is 13.2. The number of carbonyl (C=O) groups is 1. The molecule has 0 bridgehead atoms. The van der Waals surface area contributed by atoms with E-state index < -0.39 is 21.7 Å².